The molecule has 0 aliphatic rings. The van der Waals surface area contributed by atoms with Crippen LogP contribution in [0.1, 0.15) is 18.9 Å². The van der Waals surface area contributed by atoms with Crippen LogP contribution < -0.4 is 10.6 Å². The van der Waals surface area contributed by atoms with Crippen molar-refractivity contribution in [3.05, 3.63) is 17.8 Å². The number of nitrogens with two attached hydrogens (primary N) is 1. The summed E-state index contributed by atoms with van der Waals surface area (Å²) in [5.41, 5.74) is 7.54. The highest BCUT2D eigenvalue weighted by Crippen LogP contribution is 2.17. The van der Waals surface area contributed by atoms with Crippen LogP contribution in [0, 0.1) is 6.92 Å². The number of likely N-dealkylation sites (N-methyl/N-ethyl adjacent to an activating group) is 1. The van der Waals surface area contributed by atoms with Crippen LogP contribution in [0.25, 0.3) is 0 Å². The number of anilines is 2. The summed E-state index contributed by atoms with van der Waals surface area (Å²) >= 11 is 0. The maximum atomic E-state index is 11.8. The van der Waals surface area contributed by atoms with Gasteiger partial charge in [0.25, 0.3) is 0 Å². The van der Waals surface area contributed by atoms with Gasteiger partial charge in [-0.1, -0.05) is 6.92 Å². The van der Waals surface area contributed by atoms with E-state index in [4.69, 9.17) is 5.73 Å². The van der Waals surface area contributed by atoms with Crippen molar-refractivity contribution in [2.45, 2.75) is 20.3 Å². The van der Waals surface area contributed by atoms with Crippen molar-refractivity contribution in [2.75, 3.05) is 37.8 Å². The molecule has 0 fully saturated rings. The van der Waals surface area contributed by atoms with Crippen LogP contribution in [0.3, 0.4) is 0 Å². The highest BCUT2D eigenvalue weighted by Gasteiger charge is 2.14. The van der Waals surface area contributed by atoms with Gasteiger partial charge in [-0.25, -0.2) is 4.98 Å². The number of carbonyl (C=O) groups is 1. The molecule has 5 nitrogen and oxygen atoms in total. The Morgan fingerprint density at radius 2 is 2.11 bits per heavy atom. The van der Waals surface area contributed by atoms with Crippen LogP contribution in [0.2, 0.25) is 0 Å². The molecule has 1 amide bonds. The van der Waals surface area contributed by atoms with Gasteiger partial charge >= 0.3 is 0 Å². The van der Waals surface area contributed by atoms with E-state index in [-0.39, 0.29) is 5.91 Å². The molecule has 0 saturated carbocycles. The molecule has 18 heavy (non-hydrogen) atoms. The van der Waals surface area contributed by atoms with Gasteiger partial charge in [-0.15, -0.1) is 0 Å². The average Bonchev–Trinajstić information content (AvgIpc) is 2.32. The third-order valence-electron chi connectivity index (χ3n) is 2.77. The standard InChI is InChI=1S/C13H22N4O/c1-5-6-17(9-13(18)16(3)4)12-7-11(14)10(2)8-15-12/h7-8H,5-6,9H2,1-4H3,(H2,14,15). The molecule has 1 aromatic rings. The van der Waals surface area contributed by atoms with E-state index in [0.717, 1.165) is 24.3 Å². The normalized spacial score (nSPS) is 10.2. The fourth-order valence-corrected chi connectivity index (χ4v) is 1.55. The van der Waals surface area contributed by atoms with Crippen molar-refractivity contribution >= 4 is 17.4 Å². The summed E-state index contributed by atoms with van der Waals surface area (Å²) in [7, 11) is 3.51. The number of nitrogens with zero attached hydrogens (tertiary/aromatic N) is 3. The molecule has 0 radical (unpaired) electrons. The third-order valence-corrected chi connectivity index (χ3v) is 2.77. The number of hydrogen-bond donors (Lipinski definition) is 1. The first kappa shape index (κ1) is 14.3. The fourth-order valence-electron chi connectivity index (χ4n) is 1.55. The minimum Gasteiger partial charge on any atom is -0.398 e. The lowest BCUT2D eigenvalue weighted by molar-refractivity contribution is -0.127. The van der Waals surface area contributed by atoms with E-state index in [1.165, 1.54) is 0 Å². The highest BCUT2D eigenvalue weighted by molar-refractivity contribution is 5.80. The predicted octanol–water partition coefficient (Wildman–Crippen LogP) is 1.28. The summed E-state index contributed by atoms with van der Waals surface area (Å²) < 4.78 is 0. The molecule has 100 valence electrons. The molecule has 0 bridgehead atoms. The Bertz CT molecular complexity index is 417. The van der Waals surface area contributed by atoms with Crippen molar-refractivity contribution in [1.82, 2.24) is 9.88 Å². The number of hydrogen-bond acceptors (Lipinski definition) is 4. The first-order valence-electron chi connectivity index (χ1n) is 6.13. The van der Waals surface area contributed by atoms with Crippen LogP contribution in [0.5, 0.6) is 0 Å². The summed E-state index contributed by atoms with van der Waals surface area (Å²) in [5.74, 6) is 0.819. The minimum atomic E-state index is 0.0596. The molecule has 0 unspecified atom stereocenters. The summed E-state index contributed by atoms with van der Waals surface area (Å²) in [4.78, 5) is 19.7. The molecule has 0 aliphatic heterocycles. The Morgan fingerprint density at radius 3 is 2.61 bits per heavy atom. The number of carbonyl (C=O) groups excluding carboxylic acids is 1. The van der Waals surface area contributed by atoms with Gasteiger partial charge in [0, 0.05) is 38.6 Å². The van der Waals surface area contributed by atoms with Crippen LogP contribution in [-0.4, -0.2) is 43.0 Å². The molecule has 0 aromatic carbocycles. The molecule has 1 rings (SSSR count). The zero-order chi connectivity index (χ0) is 13.7. The lowest BCUT2D eigenvalue weighted by atomic mass is 10.2. The third kappa shape index (κ3) is 3.61. The molecular formula is C13H22N4O. The molecule has 0 aliphatic carbocycles. The van der Waals surface area contributed by atoms with Crippen molar-refractivity contribution < 1.29 is 4.79 Å². The minimum absolute atomic E-state index is 0.0596. The van der Waals surface area contributed by atoms with Crippen molar-refractivity contribution in [2.24, 2.45) is 0 Å². The topological polar surface area (TPSA) is 62.5 Å². The maximum absolute atomic E-state index is 11.8. The van der Waals surface area contributed by atoms with Gasteiger partial charge in [0.1, 0.15) is 5.82 Å². The van der Waals surface area contributed by atoms with Crippen molar-refractivity contribution in [1.29, 1.82) is 0 Å². The van der Waals surface area contributed by atoms with Crippen LogP contribution in [-0.2, 0) is 4.79 Å². The summed E-state index contributed by atoms with van der Waals surface area (Å²) in [6.07, 6.45) is 2.70. The zero-order valence-electron chi connectivity index (χ0n) is 11.6. The lowest BCUT2D eigenvalue weighted by Gasteiger charge is -2.24. The Kier molecular flexibility index (Phi) is 4.95. The summed E-state index contributed by atoms with van der Waals surface area (Å²) in [5, 5.41) is 0. The number of pyridine rings is 1. The Labute approximate surface area is 109 Å². The first-order valence-corrected chi connectivity index (χ1v) is 6.13. The number of rotatable bonds is 5. The molecule has 1 aromatic heterocycles. The Morgan fingerprint density at radius 1 is 1.44 bits per heavy atom. The Hall–Kier alpha value is -1.78. The van der Waals surface area contributed by atoms with Gasteiger partial charge in [0.15, 0.2) is 0 Å². The maximum Gasteiger partial charge on any atom is 0.241 e. The van der Waals surface area contributed by atoms with E-state index >= 15 is 0 Å². The molecule has 0 spiro atoms. The second-order valence-corrected chi connectivity index (χ2v) is 4.61. The van der Waals surface area contributed by atoms with Gasteiger partial charge in [-0.3, -0.25) is 4.79 Å². The van der Waals surface area contributed by atoms with Gasteiger partial charge in [-0.2, -0.15) is 0 Å². The van der Waals surface area contributed by atoms with Crippen molar-refractivity contribution in [3.63, 3.8) is 0 Å². The fraction of sp³-hybridized carbons (Fsp3) is 0.538. The molecular weight excluding hydrogens is 228 g/mol. The molecule has 1 heterocycles. The number of nitrogen functional groups attached to an aromatic ring is 1. The molecule has 2 N–H and O–H groups in total. The van der Waals surface area contributed by atoms with Gasteiger partial charge in [0.2, 0.25) is 5.91 Å². The summed E-state index contributed by atoms with van der Waals surface area (Å²) in [6, 6.07) is 1.83. The molecule has 0 saturated heterocycles. The zero-order valence-corrected chi connectivity index (χ0v) is 11.6. The second kappa shape index (κ2) is 6.23. The lowest BCUT2D eigenvalue weighted by Crippen LogP contribution is -2.37. The van der Waals surface area contributed by atoms with E-state index in [2.05, 4.69) is 11.9 Å². The van der Waals surface area contributed by atoms with Gasteiger partial charge in [-0.05, 0) is 18.9 Å². The quantitative estimate of drug-likeness (QED) is 0.855. The van der Waals surface area contributed by atoms with Crippen LogP contribution in [0.4, 0.5) is 11.5 Å². The number of aromatic nitrogens is 1. The number of amides is 1. The van der Waals surface area contributed by atoms with Gasteiger partial charge in [0.05, 0.1) is 6.54 Å². The van der Waals surface area contributed by atoms with E-state index < -0.39 is 0 Å². The average molecular weight is 250 g/mol. The highest BCUT2D eigenvalue weighted by atomic mass is 16.2. The Balaban J connectivity index is 2.89. The molecule has 0 atom stereocenters. The second-order valence-electron chi connectivity index (χ2n) is 4.61. The van der Waals surface area contributed by atoms with Crippen LogP contribution >= 0.6 is 0 Å². The smallest absolute Gasteiger partial charge is 0.241 e. The van der Waals surface area contributed by atoms with E-state index in [1.54, 1.807) is 25.2 Å². The van der Waals surface area contributed by atoms with Crippen molar-refractivity contribution in [3.8, 4) is 0 Å². The van der Waals surface area contributed by atoms with E-state index in [0.29, 0.717) is 12.2 Å². The largest absolute Gasteiger partial charge is 0.398 e. The first-order chi connectivity index (χ1) is 8.45. The SMILES string of the molecule is CCCN(CC(=O)N(C)C)c1cc(N)c(C)cn1. The van der Waals surface area contributed by atoms with E-state index in [9.17, 15) is 4.79 Å². The summed E-state index contributed by atoms with van der Waals surface area (Å²) in [6.45, 7) is 5.11. The monoisotopic (exact) mass is 250 g/mol. The predicted molar refractivity (Wildman–Crippen MR) is 74.6 cm³/mol. The number of aryl methyl sites for hydroxylation is 1. The van der Waals surface area contributed by atoms with Gasteiger partial charge < -0.3 is 15.5 Å². The molecule has 5 heteroatoms. The van der Waals surface area contributed by atoms with Crippen LogP contribution in [0.15, 0.2) is 12.3 Å². The van der Waals surface area contributed by atoms with E-state index in [1.807, 2.05) is 17.9 Å².